The number of hydrogen-bond acceptors (Lipinski definition) is 3. The zero-order chi connectivity index (χ0) is 45.0. The SMILES string of the molecule is c1ccc(-c2ccc(-c3cccc(-c4nc(-c5ccccc5)nc(-n5c6ccccc6c6cc7c8ccccc8n(-c8ccccc8-c8cccc(-c9ccccc9)c8)c7cc65)n4)c3)cc2)cc1. The van der Waals surface area contributed by atoms with Crippen LogP contribution in [0.1, 0.15) is 0 Å². The molecule has 3 aromatic heterocycles. The van der Waals surface area contributed by atoms with Crippen LogP contribution >= 0.6 is 0 Å². The molecule has 68 heavy (non-hydrogen) atoms. The van der Waals surface area contributed by atoms with Crippen molar-refractivity contribution in [1.29, 1.82) is 0 Å². The molecule has 0 bridgehead atoms. The molecule has 0 unspecified atom stereocenters. The van der Waals surface area contributed by atoms with Crippen LogP contribution in [0.5, 0.6) is 0 Å². The van der Waals surface area contributed by atoms with Gasteiger partial charge in [0.15, 0.2) is 11.6 Å². The maximum absolute atomic E-state index is 5.38. The van der Waals surface area contributed by atoms with Gasteiger partial charge < -0.3 is 4.57 Å². The smallest absolute Gasteiger partial charge is 0.238 e. The van der Waals surface area contributed by atoms with E-state index in [2.05, 4.69) is 234 Å². The van der Waals surface area contributed by atoms with Crippen molar-refractivity contribution < 1.29 is 0 Å². The Labute approximate surface area is 393 Å². The summed E-state index contributed by atoms with van der Waals surface area (Å²) in [5.74, 6) is 1.76. The summed E-state index contributed by atoms with van der Waals surface area (Å²) in [6.45, 7) is 0. The molecule has 0 amide bonds. The van der Waals surface area contributed by atoms with Crippen LogP contribution in [0.2, 0.25) is 0 Å². The highest BCUT2D eigenvalue weighted by Crippen LogP contribution is 2.42. The van der Waals surface area contributed by atoms with Gasteiger partial charge in [0, 0.05) is 38.2 Å². The Balaban J connectivity index is 1.02. The molecular weight excluding hydrogens is 827 g/mol. The lowest BCUT2D eigenvalue weighted by atomic mass is 9.98. The first-order valence-electron chi connectivity index (χ1n) is 23.0. The number of para-hydroxylation sites is 3. The molecule has 0 radical (unpaired) electrons. The first-order chi connectivity index (χ1) is 33.7. The minimum atomic E-state index is 0.554. The Morgan fingerprint density at radius 3 is 1.31 bits per heavy atom. The fraction of sp³-hybridized carbons (Fsp3) is 0. The van der Waals surface area contributed by atoms with Gasteiger partial charge in [0.2, 0.25) is 5.95 Å². The van der Waals surface area contributed by atoms with Gasteiger partial charge in [0.05, 0.1) is 27.8 Å². The van der Waals surface area contributed by atoms with Gasteiger partial charge in [-0.1, -0.05) is 206 Å². The van der Waals surface area contributed by atoms with Gasteiger partial charge in [0.1, 0.15) is 0 Å². The summed E-state index contributed by atoms with van der Waals surface area (Å²) in [7, 11) is 0. The Kier molecular flexibility index (Phi) is 9.43. The number of hydrogen-bond donors (Lipinski definition) is 0. The van der Waals surface area contributed by atoms with Gasteiger partial charge in [-0.2, -0.15) is 9.97 Å². The third-order valence-electron chi connectivity index (χ3n) is 13.2. The molecule has 5 heteroatoms. The molecule has 0 aliphatic carbocycles. The van der Waals surface area contributed by atoms with Gasteiger partial charge >= 0.3 is 0 Å². The monoisotopic (exact) mass is 867 g/mol. The molecular formula is C63H41N5. The summed E-state index contributed by atoms with van der Waals surface area (Å²) >= 11 is 0. The van der Waals surface area contributed by atoms with Crippen molar-refractivity contribution in [1.82, 2.24) is 24.1 Å². The molecule has 13 aromatic rings. The number of benzene rings is 10. The normalized spacial score (nSPS) is 11.5. The van der Waals surface area contributed by atoms with Crippen molar-refractivity contribution >= 4 is 43.6 Å². The minimum absolute atomic E-state index is 0.554. The first-order valence-corrected chi connectivity index (χ1v) is 23.0. The van der Waals surface area contributed by atoms with Crippen molar-refractivity contribution in [2.75, 3.05) is 0 Å². The van der Waals surface area contributed by atoms with E-state index in [1.807, 2.05) is 24.3 Å². The summed E-state index contributed by atoms with van der Waals surface area (Å²) in [5.41, 5.74) is 16.5. The van der Waals surface area contributed by atoms with E-state index >= 15 is 0 Å². The standard InChI is InChI=1S/C63H41N5/c1-4-18-42(19-5-1)44-34-36-45(37-35-44)48-25-17-27-50(39-48)62-64-61(46-22-8-3-9-23-46)65-63(66-62)68-58-33-15-12-30-53(58)55-40-54-52-29-11-14-32-57(52)67(59(54)41-60(55)68)56-31-13-10-28-51(56)49-26-16-24-47(38-49)43-20-6-2-7-21-43/h1-41H. The Morgan fingerprint density at radius 2 is 0.662 bits per heavy atom. The summed E-state index contributed by atoms with van der Waals surface area (Å²) in [6.07, 6.45) is 0. The van der Waals surface area contributed by atoms with Crippen LogP contribution in [0.4, 0.5) is 0 Å². The van der Waals surface area contributed by atoms with Crippen molar-refractivity contribution in [2.45, 2.75) is 0 Å². The van der Waals surface area contributed by atoms with Crippen LogP contribution in [0.25, 0.3) is 123 Å². The topological polar surface area (TPSA) is 48.5 Å². The molecule has 0 aliphatic heterocycles. The number of fused-ring (bicyclic) bond motifs is 6. The van der Waals surface area contributed by atoms with Crippen molar-refractivity contribution in [3.8, 4) is 78.9 Å². The van der Waals surface area contributed by atoms with Gasteiger partial charge in [0.25, 0.3) is 0 Å². The van der Waals surface area contributed by atoms with Crippen molar-refractivity contribution in [2.24, 2.45) is 0 Å². The Bertz CT molecular complexity index is 4000. The molecule has 0 fully saturated rings. The molecule has 0 saturated carbocycles. The van der Waals surface area contributed by atoms with E-state index in [9.17, 15) is 0 Å². The lowest BCUT2D eigenvalue weighted by Gasteiger charge is -2.15. The van der Waals surface area contributed by atoms with E-state index < -0.39 is 0 Å². The molecule has 5 nitrogen and oxygen atoms in total. The largest absolute Gasteiger partial charge is 0.309 e. The second-order valence-electron chi connectivity index (χ2n) is 17.2. The Morgan fingerprint density at radius 1 is 0.235 bits per heavy atom. The maximum Gasteiger partial charge on any atom is 0.238 e. The summed E-state index contributed by atoms with van der Waals surface area (Å²) in [6, 6.07) is 88.3. The highest BCUT2D eigenvalue weighted by Gasteiger charge is 2.22. The van der Waals surface area contributed by atoms with Crippen LogP contribution in [0.3, 0.4) is 0 Å². The summed E-state index contributed by atoms with van der Waals surface area (Å²) < 4.78 is 4.66. The number of rotatable bonds is 8. The zero-order valence-corrected chi connectivity index (χ0v) is 36.9. The van der Waals surface area contributed by atoms with Crippen molar-refractivity contribution in [3.05, 3.63) is 249 Å². The predicted molar refractivity (Wildman–Crippen MR) is 281 cm³/mol. The predicted octanol–water partition coefficient (Wildman–Crippen LogP) is 16.1. The van der Waals surface area contributed by atoms with Crippen LogP contribution in [0, 0.1) is 0 Å². The quantitative estimate of drug-likeness (QED) is 0.153. The first kappa shape index (κ1) is 39.2. The second kappa shape index (κ2) is 16.4. The number of aromatic nitrogens is 5. The van der Waals surface area contributed by atoms with Crippen LogP contribution in [0.15, 0.2) is 249 Å². The van der Waals surface area contributed by atoms with E-state index in [1.54, 1.807) is 0 Å². The van der Waals surface area contributed by atoms with Crippen LogP contribution < -0.4 is 0 Å². The fourth-order valence-corrected chi connectivity index (χ4v) is 9.95. The van der Waals surface area contributed by atoms with Gasteiger partial charge in [-0.3, -0.25) is 4.57 Å². The van der Waals surface area contributed by atoms with Crippen LogP contribution in [-0.4, -0.2) is 24.1 Å². The van der Waals surface area contributed by atoms with E-state index in [-0.39, 0.29) is 0 Å². The van der Waals surface area contributed by atoms with E-state index in [4.69, 9.17) is 15.0 Å². The molecule has 318 valence electrons. The van der Waals surface area contributed by atoms with Crippen LogP contribution in [-0.2, 0) is 0 Å². The second-order valence-corrected chi connectivity index (χ2v) is 17.2. The molecule has 0 N–H and O–H groups in total. The highest BCUT2D eigenvalue weighted by atomic mass is 15.2. The fourth-order valence-electron chi connectivity index (χ4n) is 9.95. The highest BCUT2D eigenvalue weighted by molar-refractivity contribution is 6.19. The summed E-state index contributed by atoms with van der Waals surface area (Å²) in [5, 5.41) is 4.63. The van der Waals surface area contributed by atoms with Crippen molar-refractivity contribution in [3.63, 3.8) is 0 Å². The van der Waals surface area contributed by atoms with Gasteiger partial charge in [-0.25, -0.2) is 4.98 Å². The zero-order valence-electron chi connectivity index (χ0n) is 36.9. The summed E-state index contributed by atoms with van der Waals surface area (Å²) in [4.78, 5) is 15.9. The Hall–Kier alpha value is -9.19. The van der Waals surface area contributed by atoms with E-state index in [0.717, 1.165) is 71.9 Å². The lowest BCUT2D eigenvalue weighted by Crippen LogP contribution is -2.06. The number of nitrogens with zero attached hydrogens (tertiary/aromatic N) is 5. The molecule has 0 spiro atoms. The average molecular weight is 868 g/mol. The molecule has 0 saturated heterocycles. The lowest BCUT2D eigenvalue weighted by molar-refractivity contribution is 0.953. The minimum Gasteiger partial charge on any atom is -0.309 e. The van der Waals surface area contributed by atoms with Gasteiger partial charge in [-0.05, 0) is 81.4 Å². The molecule has 0 atom stereocenters. The molecule has 13 rings (SSSR count). The average Bonchev–Trinajstić information content (AvgIpc) is 3.92. The van der Waals surface area contributed by atoms with E-state index in [1.165, 1.54) is 33.0 Å². The third kappa shape index (κ3) is 6.76. The molecule has 3 heterocycles. The third-order valence-corrected chi connectivity index (χ3v) is 13.2. The molecule has 0 aliphatic rings. The van der Waals surface area contributed by atoms with E-state index in [0.29, 0.717) is 17.6 Å². The molecule has 10 aromatic carbocycles. The maximum atomic E-state index is 5.38. The van der Waals surface area contributed by atoms with Gasteiger partial charge in [-0.15, -0.1) is 0 Å².